The molecule has 0 spiro atoms. The van der Waals surface area contributed by atoms with Crippen LogP contribution < -0.4 is 10.1 Å². The first-order valence-electron chi connectivity index (χ1n) is 7.65. The minimum Gasteiger partial charge on any atom is -0.488 e. The quantitative estimate of drug-likeness (QED) is 0.918. The number of para-hydroxylation sites is 1. The van der Waals surface area contributed by atoms with Crippen LogP contribution in [0.25, 0.3) is 0 Å². The second-order valence-corrected chi connectivity index (χ2v) is 6.51. The maximum atomic E-state index is 11.9. The zero-order valence-electron chi connectivity index (χ0n) is 13.1. The van der Waals surface area contributed by atoms with E-state index in [9.17, 15) is 4.79 Å². The van der Waals surface area contributed by atoms with Gasteiger partial charge in [-0.15, -0.1) is 0 Å². The van der Waals surface area contributed by atoms with Crippen molar-refractivity contribution < 1.29 is 14.3 Å². The minimum atomic E-state index is -0.478. The highest BCUT2D eigenvalue weighted by Gasteiger charge is 2.29. The van der Waals surface area contributed by atoms with Crippen molar-refractivity contribution in [3.63, 3.8) is 0 Å². The number of rotatable bonds is 3. The SMILES string of the molecule is CC(C)(C)OC(=O)N[C@@H]1CCCC[C@H]1Oc1ccccc1. The zero-order valence-corrected chi connectivity index (χ0v) is 13.1. The predicted molar refractivity (Wildman–Crippen MR) is 82.5 cm³/mol. The second kappa shape index (κ2) is 6.83. The van der Waals surface area contributed by atoms with Gasteiger partial charge in [0.05, 0.1) is 6.04 Å². The fraction of sp³-hybridized carbons (Fsp3) is 0.588. The third-order valence-electron chi connectivity index (χ3n) is 3.44. The van der Waals surface area contributed by atoms with Gasteiger partial charge in [-0.3, -0.25) is 0 Å². The third kappa shape index (κ3) is 5.29. The molecule has 1 saturated carbocycles. The van der Waals surface area contributed by atoms with E-state index >= 15 is 0 Å². The van der Waals surface area contributed by atoms with Gasteiger partial charge in [0.25, 0.3) is 0 Å². The Morgan fingerprint density at radius 2 is 1.81 bits per heavy atom. The first kappa shape index (κ1) is 15.7. The minimum absolute atomic E-state index is 0.00803. The van der Waals surface area contributed by atoms with E-state index in [0.29, 0.717) is 0 Å². The number of alkyl carbamates (subject to hydrolysis) is 1. The van der Waals surface area contributed by atoms with Crippen LogP contribution in [0.2, 0.25) is 0 Å². The number of carbonyl (C=O) groups is 1. The summed E-state index contributed by atoms with van der Waals surface area (Å²) >= 11 is 0. The van der Waals surface area contributed by atoms with Crippen LogP contribution in [0.4, 0.5) is 4.79 Å². The maximum absolute atomic E-state index is 11.9. The normalized spacial score (nSPS) is 22.4. The lowest BCUT2D eigenvalue weighted by Gasteiger charge is -2.33. The van der Waals surface area contributed by atoms with Crippen LogP contribution in [0.3, 0.4) is 0 Å². The Hall–Kier alpha value is -1.71. The van der Waals surface area contributed by atoms with E-state index in [0.717, 1.165) is 31.4 Å². The molecule has 4 heteroatoms. The highest BCUT2D eigenvalue weighted by Crippen LogP contribution is 2.24. The van der Waals surface area contributed by atoms with Crippen LogP contribution in [0.5, 0.6) is 5.75 Å². The van der Waals surface area contributed by atoms with Gasteiger partial charge in [0.2, 0.25) is 0 Å². The highest BCUT2D eigenvalue weighted by atomic mass is 16.6. The highest BCUT2D eigenvalue weighted by molar-refractivity contribution is 5.68. The molecule has 1 aromatic rings. The van der Waals surface area contributed by atoms with Crippen LogP contribution >= 0.6 is 0 Å². The van der Waals surface area contributed by atoms with Gasteiger partial charge < -0.3 is 14.8 Å². The van der Waals surface area contributed by atoms with E-state index in [1.54, 1.807) is 0 Å². The number of carbonyl (C=O) groups excluding carboxylic acids is 1. The van der Waals surface area contributed by atoms with E-state index in [-0.39, 0.29) is 18.2 Å². The van der Waals surface area contributed by atoms with Crippen molar-refractivity contribution in [2.24, 2.45) is 0 Å². The van der Waals surface area contributed by atoms with E-state index in [1.165, 1.54) is 0 Å². The van der Waals surface area contributed by atoms with Crippen LogP contribution in [0.15, 0.2) is 30.3 Å². The predicted octanol–water partition coefficient (Wildman–Crippen LogP) is 3.90. The molecule has 4 nitrogen and oxygen atoms in total. The monoisotopic (exact) mass is 291 g/mol. The van der Waals surface area contributed by atoms with Crippen molar-refractivity contribution in [1.29, 1.82) is 0 Å². The van der Waals surface area contributed by atoms with Gasteiger partial charge in [-0.25, -0.2) is 4.79 Å². The van der Waals surface area contributed by atoms with E-state index in [2.05, 4.69) is 5.32 Å². The number of ether oxygens (including phenoxy) is 2. The molecule has 2 rings (SSSR count). The van der Waals surface area contributed by atoms with Crippen molar-refractivity contribution in [3.8, 4) is 5.75 Å². The maximum Gasteiger partial charge on any atom is 0.408 e. The van der Waals surface area contributed by atoms with E-state index < -0.39 is 5.60 Å². The van der Waals surface area contributed by atoms with Crippen LogP contribution in [0, 0.1) is 0 Å². The standard InChI is InChI=1S/C17H25NO3/c1-17(2,3)21-16(19)18-14-11-7-8-12-15(14)20-13-9-5-4-6-10-13/h4-6,9-10,14-15H,7-8,11-12H2,1-3H3,(H,18,19)/t14-,15-/m1/s1. The Bertz CT molecular complexity index is 453. The fourth-order valence-electron chi connectivity index (χ4n) is 2.54. The van der Waals surface area contributed by atoms with Crippen molar-refractivity contribution >= 4 is 6.09 Å². The summed E-state index contributed by atoms with van der Waals surface area (Å²) in [5, 5.41) is 2.96. The second-order valence-electron chi connectivity index (χ2n) is 6.51. The summed E-state index contributed by atoms with van der Waals surface area (Å²) < 4.78 is 11.4. The summed E-state index contributed by atoms with van der Waals surface area (Å²) in [6.45, 7) is 5.60. The molecular weight excluding hydrogens is 266 g/mol. The fourth-order valence-corrected chi connectivity index (χ4v) is 2.54. The smallest absolute Gasteiger partial charge is 0.408 e. The van der Waals surface area contributed by atoms with Crippen LogP contribution in [0.1, 0.15) is 46.5 Å². The number of nitrogens with one attached hydrogen (secondary N) is 1. The van der Waals surface area contributed by atoms with Gasteiger partial charge in [-0.2, -0.15) is 0 Å². The Kier molecular flexibility index (Phi) is 5.10. The molecule has 1 fully saturated rings. The van der Waals surface area contributed by atoms with Crippen LogP contribution in [-0.4, -0.2) is 23.8 Å². The van der Waals surface area contributed by atoms with Gasteiger partial charge in [-0.1, -0.05) is 24.6 Å². The number of amides is 1. The lowest BCUT2D eigenvalue weighted by Crippen LogP contribution is -2.49. The van der Waals surface area contributed by atoms with Gasteiger partial charge >= 0.3 is 6.09 Å². The first-order valence-corrected chi connectivity index (χ1v) is 7.65. The average molecular weight is 291 g/mol. The van der Waals surface area contributed by atoms with Gasteiger partial charge in [-0.05, 0) is 52.2 Å². The molecule has 1 aliphatic rings. The Labute approximate surface area is 126 Å². The summed E-state index contributed by atoms with van der Waals surface area (Å²) in [7, 11) is 0. The molecule has 0 radical (unpaired) electrons. The molecule has 0 aromatic heterocycles. The number of benzene rings is 1. The molecule has 1 N–H and O–H groups in total. The molecule has 0 heterocycles. The van der Waals surface area contributed by atoms with E-state index in [1.807, 2.05) is 51.1 Å². The molecule has 1 aromatic carbocycles. The summed E-state index contributed by atoms with van der Waals surface area (Å²) in [5.41, 5.74) is -0.478. The first-order chi connectivity index (χ1) is 9.94. The molecule has 21 heavy (non-hydrogen) atoms. The van der Waals surface area contributed by atoms with Gasteiger partial charge in [0.15, 0.2) is 0 Å². The summed E-state index contributed by atoms with van der Waals surface area (Å²) in [6.07, 6.45) is 3.76. The van der Waals surface area contributed by atoms with Crippen LogP contribution in [-0.2, 0) is 4.74 Å². The summed E-state index contributed by atoms with van der Waals surface area (Å²) in [6, 6.07) is 9.76. The molecular formula is C17H25NO3. The third-order valence-corrected chi connectivity index (χ3v) is 3.44. The van der Waals surface area contributed by atoms with Crippen molar-refractivity contribution in [3.05, 3.63) is 30.3 Å². The Morgan fingerprint density at radius 1 is 1.14 bits per heavy atom. The lowest BCUT2D eigenvalue weighted by atomic mass is 9.92. The van der Waals surface area contributed by atoms with Crippen molar-refractivity contribution in [1.82, 2.24) is 5.32 Å². The molecule has 0 unspecified atom stereocenters. The van der Waals surface area contributed by atoms with E-state index in [4.69, 9.17) is 9.47 Å². The lowest BCUT2D eigenvalue weighted by molar-refractivity contribution is 0.0402. The molecule has 0 saturated heterocycles. The average Bonchev–Trinajstić information content (AvgIpc) is 2.40. The molecule has 116 valence electrons. The molecule has 2 atom stereocenters. The molecule has 0 aliphatic heterocycles. The van der Waals surface area contributed by atoms with Crippen molar-refractivity contribution in [2.45, 2.75) is 64.2 Å². The number of hydrogen-bond donors (Lipinski definition) is 1. The van der Waals surface area contributed by atoms with Gasteiger partial charge in [0, 0.05) is 0 Å². The van der Waals surface area contributed by atoms with Gasteiger partial charge in [0.1, 0.15) is 17.5 Å². The molecule has 1 amide bonds. The van der Waals surface area contributed by atoms with Crippen molar-refractivity contribution in [2.75, 3.05) is 0 Å². The Balaban J connectivity index is 1.94. The summed E-state index contributed by atoms with van der Waals surface area (Å²) in [5.74, 6) is 0.848. The molecule has 1 aliphatic carbocycles. The zero-order chi connectivity index (χ0) is 15.3. The summed E-state index contributed by atoms with van der Waals surface area (Å²) in [4.78, 5) is 11.9. The Morgan fingerprint density at radius 3 is 2.48 bits per heavy atom. The molecule has 0 bridgehead atoms. The topological polar surface area (TPSA) is 47.6 Å². The number of hydrogen-bond acceptors (Lipinski definition) is 3. The largest absolute Gasteiger partial charge is 0.488 e.